The minimum atomic E-state index is -2.90. The third-order valence-electron chi connectivity index (χ3n) is 4.14. The summed E-state index contributed by atoms with van der Waals surface area (Å²) in [4.78, 5) is 12.4. The van der Waals surface area contributed by atoms with E-state index in [2.05, 4.69) is 10.4 Å². The maximum absolute atomic E-state index is 13.8. The van der Waals surface area contributed by atoms with Gasteiger partial charge in [-0.15, -0.1) is 0 Å². The fourth-order valence-electron chi connectivity index (χ4n) is 2.59. The lowest BCUT2D eigenvalue weighted by molar-refractivity contribution is 0.0742. The van der Waals surface area contributed by atoms with E-state index in [1.165, 1.54) is 25.4 Å². The van der Waals surface area contributed by atoms with E-state index in [9.17, 15) is 18.0 Å². The molecule has 2 aromatic rings. The van der Waals surface area contributed by atoms with Gasteiger partial charge in [0.15, 0.2) is 11.6 Å². The lowest BCUT2D eigenvalue weighted by atomic mass is 10.1. The molecule has 1 amide bonds. The third-order valence-corrected chi connectivity index (χ3v) is 4.14. The fraction of sp³-hybridized carbons (Fsp3) is 0.444. The maximum atomic E-state index is 13.8. The quantitative estimate of drug-likeness (QED) is 0.768. The number of alkyl halides is 2. The minimum absolute atomic E-state index is 0.0392. The number of nitrogens with one attached hydrogen (secondary N) is 1. The van der Waals surface area contributed by atoms with E-state index < -0.39 is 24.2 Å². The summed E-state index contributed by atoms with van der Waals surface area (Å²) in [6, 6.07) is 1.85. The second-order valence-electron chi connectivity index (χ2n) is 5.90. The molecule has 0 aliphatic carbocycles. The molecule has 1 heterocycles. The van der Waals surface area contributed by atoms with E-state index in [0.29, 0.717) is 12.2 Å². The molecule has 2 rings (SSSR count). The molecule has 0 fully saturated rings. The van der Waals surface area contributed by atoms with Crippen LogP contribution in [0.2, 0.25) is 0 Å². The molecule has 1 aromatic carbocycles. The maximum Gasteiger partial charge on any atom is 0.262 e. The van der Waals surface area contributed by atoms with Gasteiger partial charge in [-0.3, -0.25) is 9.48 Å². The normalized spacial score (nSPS) is 12.3. The number of methoxy groups -OCH3 is 1. The van der Waals surface area contributed by atoms with Crippen LogP contribution in [0, 0.1) is 12.7 Å². The predicted octanol–water partition coefficient (Wildman–Crippen LogP) is 3.88. The Morgan fingerprint density at radius 1 is 1.38 bits per heavy atom. The molecular formula is C18H22F3N3O2. The van der Waals surface area contributed by atoms with Gasteiger partial charge < -0.3 is 10.1 Å². The summed E-state index contributed by atoms with van der Waals surface area (Å²) < 4.78 is 47.2. The highest BCUT2D eigenvalue weighted by atomic mass is 19.3. The molecule has 1 aromatic heterocycles. The van der Waals surface area contributed by atoms with E-state index in [0.717, 1.165) is 18.9 Å². The van der Waals surface area contributed by atoms with Crippen molar-refractivity contribution in [1.29, 1.82) is 0 Å². The van der Waals surface area contributed by atoms with Crippen molar-refractivity contribution in [2.75, 3.05) is 7.11 Å². The summed E-state index contributed by atoms with van der Waals surface area (Å²) in [5.41, 5.74) is 0.785. The van der Waals surface area contributed by atoms with Gasteiger partial charge in [0.05, 0.1) is 18.9 Å². The van der Waals surface area contributed by atoms with Crippen molar-refractivity contribution in [3.05, 3.63) is 47.0 Å². The zero-order valence-corrected chi connectivity index (χ0v) is 14.9. The van der Waals surface area contributed by atoms with Gasteiger partial charge in [0.2, 0.25) is 0 Å². The Morgan fingerprint density at radius 3 is 2.69 bits per heavy atom. The standard InChI is InChI=1S/C18H22F3N3O2/c1-4-5-8-24-11(2)13(10-22-24)18(25)23-16(17(20)21)12-6-7-15(26-3)14(19)9-12/h6-7,9-10,16-17H,4-5,8H2,1-3H3,(H,23,25)/t16-/m1/s1. The van der Waals surface area contributed by atoms with Crippen LogP contribution in [0.4, 0.5) is 13.2 Å². The molecule has 142 valence electrons. The average molecular weight is 369 g/mol. The molecule has 0 aliphatic heterocycles. The van der Waals surface area contributed by atoms with Gasteiger partial charge in [-0.2, -0.15) is 5.10 Å². The second kappa shape index (κ2) is 8.73. The topological polar surface area (TPSA) is 56.2 Å². The lowest BCUT2D eigenvalue weighted by Gasteiger charge is -2.19. The SMILES string of the molecule is CCCCn1ncc(C(=O)N[C@H](c2ccc(OC)c(F)c2)C(F)F)c1C. The zero-order chi connectivity index (χ0) is 19.3. The zero-order valence-electron chi connectivity index (χ0n) is 14.9. The summed E-state index contributed by atoms with van der Waals surface area (Å²) in [6.07, 6.45) is 0.325. The molecule has 0 saturated heterocycles. The highest BCUT2D eigenvalue weighted by Gasteiger charge is 2.27. The summed E-state index contributed by atoms with van der Waals surface area (Å²) >= 11 is 0. The largest absolute Gasteiger partial charge is 0.494 e. The molecule has 0 bridgehead atoms. The smallest absolute Gasteiger partial charge is 0.262 e. The Hall–Kier alpha value is -2.51. The van der Waals surface area contributed by atoms with Crippen molar-refractivity contribution in [1.82, 2.24) is 15.1 Å². The van der Waals surface area contributed by atoms with Crippen LogP contribution in [0.1, 0.15) is 47.4 Å². The van der Waals surface area contributed by atoms with Crippen molar-refractivity contribution in [3.8, 4) is 5.75 Å². The highest BCUT2D eigenvalue weighted by Crippen LogP contribution is 2.26. The van der Waals surface area contributed by atoms with Crippen molar-refractivity contribution in [2.45, 2.75) is 45.7 Å². The van der Waals surface area contributed by atoms with Crippen LogP contribution in [0.15, 0.2) is 24.4 Å². The first kappa shape index (κ1) is 19.8. The van der Waals surface area contributed by atoms with E-state index in [1.807, 2.05) is 6.92 Å². The molecule has 0 aliphatic rings. The van der Waals surface area contributed by atoms with Crippen LogP contribution in [-0.2, 0) is 6.54 Å². The van der Waals surface area contributed by atoms with Crippen LogP contribution < -0.4 is 10.1 Å². The Morgan fingerprint density at radius 2 is 2.12 bits per heavy atom. The van der Waals surface area contributed by atoms with Crippen LogP contribution in [0.3, 0.4) is 0 Å². The predicted molar refractivity (Wildman–Crippen MR) is 91.0 cm³/mol. The number of aryl methyl sites for hydroxylation is 1. The van der Waals surface area contributed by atoms with Crippen LogP contribution in [0.5, 0.6) is 5.75 Å². The van der Waals surface area contributed by atoms with Crippen molar-refractivity contribution in [2.24, 2.45) is 0 Å². The number of aromatic nitrogens is 2. The summed E-state index contributed by atoms with van der Waals surface area (Å²) in [5, 5.41) is 6.40. The number of carbonyl (C=O) groups excluding carboxylic acids is 1. The number of nitrogens with zero attached hydrogens (tertiary/aromatic N) is 2. The lowest BCUT2D eigenvalue weighted by Crippen LogP contribution is -2.33. The molecule has 8 heteroatoms. The first-order valence-electron chi connectivity index (χ1n) is 8.33. The van der Waals surface area contributed by atoms with Gasteiger partial charge in [-0.1, -0.05) is 19.4 Å². The van der Waals surface area contributed by atoms with E-state index in [-0.39, 0.29) is 16.9 Å². The summed E-state index contributed by atoms with van der Waals surface area (Å²) in [5.74, 6) is -1.50. The molecule has 26 heavy (non-hydrogen) atoms. The molecule has 1 atom stereocenters. The van der Waals surface area contributed by atoms with Gasteiger partial charge in [0.1, 0.15) is 6.04 Å². The van der Waals surface area contributed by atoms with Gasteiger partial charge in [0, 0.05) is 12.2 Å². The number of hydrogen-bond acceptors (Lipinski definition) is 3. The van der Waals surface area contributed by atoms with E-state index in [1.54, 1.807) is 11.6 Å². The number of amides is 1. The van der Waals surface area contributed by atoms with Gasteiger partial charge >= 0.3 is 0 Å². The molecule has 0 spiro atoms. The number of ether oxygens (including phenoxy) is 1. The average Bonchev–Trinajstić information content (AvgIpc) is 2.98. The van der Waals surface area contributed by atoms with E-state index >= 15 is 0 Å². The number of halogens is 3. The molecule has 1 N–H and O–H groups in total. The van der Waals surface area contributed by atoms with Gasteiger partial charge in [0.25, 0.3) is 12.3 Å². The number of carbonyl (C=O) groups is 1. The molecule has 5 nitrogen and oxygen atoms in total. The minimum Gasteiger partial charge on any atom is -0.494 e. The van der Waals surface area contributed by atoms with E-state index in [4.69, 9.17) is 4.74 Å². The van der Waals surface area contributed by atoms with Crippen molar-refractivity contribution >= 4 is 5.91 Å². The molecule has 0 unspecified atom stereocenters. The number of benzene rings is 1. The highest BCUT2D eigenvalue weighted by molar-refractivity contribution is 5.95. The summed E-state index contributed by atoms with van der Waals surface area (Å²) in [6.45, 7) is 4.40. The van der Waals surface area contributed by atoms with Crippen LogP contribution >= 0.6 is 0 Å². The molecule has 0 saturated carbocycles. The Labute approximate surface area is 150 Å². The number of rotatable bonds is 8. The molecule has 0 radical (unpaired) electrons. The Balaban J connectivity index is 2.21. The van der Waals surface area contributed by atoms with Crippen LogP contribution in [-0.4, -0.2) is 29.2 Å². The molecular weight excluding hydrogens is 347 g/mol. The monoisotopic (exact) mass is 369 g/mol. The van der Waals surface area contributed by atoms with Crippen LogP contribution in [0.25, 0.3) is 0 Å². The summed E-state index contributed by atoms with van der Waals surface area (Å²) in [7, 11) is 1.28. The number of hydrogen-bond donors (Lipinski definition) is 1. The Bertz CT molecular complexity index is 762. The second-order valence-corrected chi connectivity index (χ2v) is 5.90. The van der Waals surface area contributed by atoms with Gasteiger partial charge in [-0.25, -0.2) is 13.2 Å². The first-order chi connectivity index (χ1) is 12.4. The van der Waals surface area contributed by atoms with Gasteiger partial charge in [-0.05, 0) is 31.0 Å². The number of unbranched alkanes of at least 4 members (excludes halogenated alkanes) is 1. The third kappa shape index (κ3) is 4.36. The van der Waals surface area contributed by atoms with Crippen molar-refractivity contribution < 1.29 is 22.7 Å². The Kier molecular flexibility index (Phi) is 6.65. The van der Waals surface area contributed by atoms with Crippen molar-refractivity contribution in [3.63, 3.8) is 0 Å². The first-order valence-corrected chi connectivity index (χ1v) is 8.33. The fourth-order valence-corrected chi connectivity index (χ4v) is 2.59.